The van der Waals surface area contributed by atoms with E-state index in [9.17, 15) is 13.6 Å². The summed E-state index contributed by atoms with van der Waals surface area (Å²) in [5.41, 5.74) is 4.55. The molecule has 1 amide bonds. The van der Waals surface area contributed by atoms with Gasteiger partial charge < -0.3 is 11.1 Å². The summed E-state index contributed by atoms with van der Waals surface area (Å²) < 4.78 is 26.9. The smallest absolute Gasteiger partial charge is 0.254 e. The molecule has 1 heterocycles. The van der Waals surface area contributed by atoms with E-state index in [1.54, 1.807) is 6.92 Å². The van der Waals surface area contributed by atoms with Crippen molar-refractivity contribution in [1.29, 1.82) is 0 Å². The van der Waals surface area contributed by atoms with Crippen molar-refractivity contribution >= 4 is 22.9 Å². The van der Waals surface area contributed by atoms with Crippen LogP contribution in [0.2, 0.25) is 0 Å². The molecule has 1 unspecified atom stereocenters. The number of thiophene rings is 1. The van der Waals surface area contributed by atoms with E-state index in [-0.39, 0.29) is 17.3 Å². The van der Waals surface area contributed by atoms with Crippen molar-refractivity contribution in [3.8, 4) is 0 Å². The minimum Gasteiger partial charge on any atom is -0.396 e. The van der Waals surface area contributed by atoms with E-state index in [0.29, 0.717) is 0 Å². The summed E-state index contributed by atoms with van der Waals surface area (Å²) in [4.78, 5) is 14.1. The molecule has 6 heteroatoms. The molecule has 20 heavy (non-hydrogen) atoms. The van der Waals surface area contributed by atoms with Crippen molar-refractivity contribution in [2.75, 3.05) is 5.73 Å². The van der Waals surface area contributed by atoms with Gasteiger partial charge in [-0.25, -0.2) is 8.78 Å². The number of nitrogens with two attached hydrogens (primary N) is 1. The van der Waals surface area contributed by atoms with Crippen LogP contribution in [0, 0.1) is 18.6 Å². The van der Waals surface area contributed by atoms with Crippen LogP contribution in [-0.2, 0) is 0 Å². The first-order valence-electron chi connectivity index (χ1n) is 6.00. The summed E-state index contributed by atoms with van der Waals surface area (Å²) in [6, 6.07) is 5.22. The highest BCUT2D eigenvalue weighted by atomic mass is 32.1. The highest BCUT2D eigenvalue weighted by molar-refractivity contribution is 7.12. The lowest BCUT2D eigenvalue weighted by Gasteiger charge is -2.13. The molecule has 0 fully saturated rings. The van der Waals surface area contributed by atoms with Crippen molar-refractivity contribution in [3.05, 3.63) is 51.2 Å². The van der Waals surface area contributed by atoms with Crippen LogP contribution in [0.5, 0.6) is 0 Å². The first kappa shape index (κ1) is 14.5. The number of hydrogen-bond donors (Lipinski definition) is 2. The summed E-state index contributed by atoms with van der Waals surface area (Å²) in [6.07, 6.45) is 0. The summed E-state index contributed by atoms with van der Waals surface area (Å²) >= 11 is 1.54. The molecule has 2 aromatic rings. The van der Waals surface area contributed by atoms with Crippen LogP contribution in [0.15, 0.2) is 24.3 Å². The number of carbonyl (C=O) groups is 1. The Morgan fingerprint density at radius 2 is 2.05 bits per heavy atom. The molecule has 1 aromatic carbocycles. The standard InChI is InChI=1S/C14H14F2N2OS/c1-7-3-4-12(20-7)8(2)18-14(19)10-5-9(15)6-11(17)13(10)16/h3-6,8H,17H2,1-2H3,(H,18,19). The van der Waals surface area contributed by atoms with Gasteiger partial charge in [-0.3, -0.25) is 4.79 Å². The number of amides is 1. The lowest BCUT2D eigenvalue weighted by atomic mass is 10.1. The van der Waals surface area contributed by atoms with Crippen molar-refractivity contribution < 1.29 is 13.6 Å². The maximum absolute atomic E-state index is 13.7. The van der Waals surface area contributed by atoms with Gasteiger partial charge in [0.2, 0.25) is 0 Å². The lowest BCUT2D eigenvalue weighted by Crippen LogP contribution is -2.27. The van der Waals surface area contributed by atoms with Gasteiger partial charge >= 0.3 is 0 Å². The second-order valence-electron chi connectivity index (χ2n) is 4.50. The lowest BCUT2D eigenvalue weighted by molar-refractivity contribution is 0.0936. The molecule has 0 bridgehead atoms. The zero-order valence-electron chi connectivity index (χ0n) is 11.0. The number of anilines is 1. The summed E-state index contributed by atoms with van der Waals surface area (Å²) in [6.45, 7) is 3.74. The van der Waals surface area contributed by atoms with Gasteiger partial charge in [0.25, 0.3) is 5.91 Å². The highest BCUT2D eigenvalue weighted by Gasteiger charge is 2.18. The van der Waals surface area contributed by atoms with Crippen molar-refractivity contribution in [2.24, 2.45) is 0 Å². The van der Waals surface area contributed by atoms with Crippen LogP contribution in [0.3, 0.4) is 0 Å². The number of halogens is 2. The van der Waals surface area contributed by atoms with Crippen LogP contribution in [0.25, 0.3) is 0 Å². The van der Waals surface area contributed by atoms with E-state index in [2.05, 4.69) is 5.32 Å². The quantitative estimate of drug-likeness (QED) is 0.853. The normalized spacial score (nSPS) is 12.2. The van der Waals surface area contributed by atoms with E-state index in [1.807, 2.05) is 19.1 Å². The Morgan fingerprint density at radius 3 is 2.65 bits per heavy atom. The number of carbonyl (C=O) groups excluding carboxylic acids is 1. The van der Waals surface area contributed by atoms with Gasteiger partial charge in [0.05, 0.1) is 17.3 Å². The number of aryl methyl sites for hydroxylation is 1. The largest absolute Gasteiger partial charge is 0.396 e. The summed E-state index contributed by atoms with van der Waals surface area (Å²) in [7, 11) is 0. The molecule has 3 N–H and O–H groups in total. The van der Waals surface area contributed by atoms with Gasteiger partial charge in [-0.2, -0.15) is 0 Å². The molecule has 0 aliphatic carbocycles. The van der Waals surface area contributed by atoms with E-state index in [0.717, 1.165) is 21.9 Å². The number of benzene rings is 1. The zero-order valence-corrected chi connectivity index (χ0v) is 11.9. The molecular weight excluding hydrogens is 282 g/mol. The fraction of sp³-hybridized carbons (Fsp3) is 0.214. The van der Waals surface area contributed by atoms with Crippen molar-refractivity contribution in [3.63, 3.8) is 0 Å². The van der Waals surface area contributed by atoms with E-state index in [4.69, 9.17) is 5.73 Å². The highest BCUT2D eigenvalue weighted by Crippen LogP contribution is 2.23. The average molecular weight is 296 g/mol. The van der Waals surface area contributed by atoms with Crippen LogP contribution in [-0.4, -0.2) is 5.91 Å². The maximum Gasteiger partial charge on any atom is 0.254 e. The third-order valence-electron chi connectivity index (χ3n) is 2.85. The Morgan fingerprint density at radius 1 is 1.35 bits per heavy atom. The topological polar surface area (TPSA) is 55.1 Å². The Balaban J connectivity index is 2.20. The van der Waals surface area contributed by atoms with Crippen LogP contribution in [0.1, 0.15) is 33.1 Å². The summed E-state index contributed by atoms with van der Waals surface area (Å²) in [5, 5.41) is 2.63. The van der Waals surface area contributed by atoms with Crippen molar-refractivity contribution in [1.82, 2.24) is 5.32 Å². The number of nitrogens with one attached hydrogen (secondary N) is 1. The van der Waals surface area contributed by atoms with Crippen LogP contribution < -0.4 is 11.1 Å². The molecule has 3 nitrogen and oxygen atoms in total. The van der Waals surface area contributed by atoms with Gasteiger partial charge in [0, 0.05) is 9.75 Å². The fourth-order valence-electron chi connectivity index (χ4n) is 1.81. The fourth-order valence-corrected chi connectivity index (χ4v) is 2.69. The van der Waals surface area contributed by atoms with E-state index >= 15 is 0 Å². The second kappa shape index (κ2) is 5.58. The van der Waals surface area contributed by atoms with Crippen molar-refractivity contribution in [2.45, 2.75) is 19.9 Å². The molecule has 1 aromatic heterocycles. The predicted octanol–water partition coefficient (Wildman–Crippen LogP) is 3.41. The number of rotatable bonds is 3. The van der Waals surface area contributed by atoms with Gasteiger partial charge in [-0.1, -0.05) is 0 Å². The second-order valence-corrected chi connectivity index (χ2v) is 5.82. The monoisotopic (exact) mass is 296 g/mol. The molecular formula is C14H14F2N2OS. The first-order valence-corrected chi connectivity index (χ1v) is 6.82. The third-order valence-corrected chi connectivity index (χ3v) is 4.03. The first-order chi connectivity index (χ1) is 9.38. The molecule has 0 saturated carbocycles. The average Bonchev–Trinajstić information content (AvgIpc) is 2.80. The Labute approximate surface area is 119 Å². The Hall–Kier alpha value is -1.95. The molecule has 0 saturated heterocycles. The molecule has 0 radical (unpaired) electrons. The minimum atomic E-state index is -0.904. The number of hydrogen-bond acceptors (Lipinski definition) is 3. The molecule has 1 atom stereocenters. The Kier molecular flexibility index (Phi) is 4.04. The molecule has 0 aliphatic heterocycles. The number of nitrogen functional groups attached to an aromatic ring is 1. The maximum atomic E-state index is 13.7. The van der Waals surface area contributed by atoms with Gasteiger partial charge in [0.15, 0.2) is 5.82 Å². The molecule has 2 rings (SSSR count). The SMILES string of the molecule is Cc1ccc(C(C)NC(=O)c2cc(F)cc(N)c2F)s1. The van der Waals surface area contributed by atoms with Gasteiger partial charge in [-0.05, 0) is 38.1 Å². The minimum absolute atomic E-state index is 0.287. The molecule has 0 spiro atoms. The molecule has 106 valence electrons. The summed E-state index contributed by atoms with van der Waals surface area (Å²) in [5.74, 6) is -2.33. The van der Waals surface area contributed by atoms with Gasteiger partial charge in [0.1, 0.15) is 5.82 Å². The van der Waals surface area contributed by atoms with Crippen LogP contribution >= 0.6 is 11.3 Å². The van der Waals surface area contributed by atoms with Crippen LogP contribution in [0.4, 0.5) is 14.5 Å². The molecule has 0 aliphatic rings. The zero-order chi connectivity index (χ0) is 14.9. The predicted molar refractivity (Wildman–Crippen MR) is 75.7 cm³/mol. The Bertz CT molecular complexity index is 655. The van der Waals surface area contributed by atoms with Gasteiger partial charge in [-0.15, -0.1) is 11.3 Å². The third kappa shape index (κ3) is 2.96. The van der Waals surface area contributed by atoms with E-state index in [1.165, 1.54) is 11.3 Å². The van der Waals surface area contributed by atoms with E-state index < -0.39 is 17.5 Å².